The largest absolute Gasteiger partial charge is 0.455 e. The zero-order valence-corrected chi connectivity index (χ0v) is 33.4. The summed E-state index contributed by atoms with van der Waals surface area (Å²) in [6, 6.07) is 86.1. The summed E-state index contributed by atoms with van der Waals surface area (Å²) in [5.74, 6) is 0. The van der Waals surface area contributed by atoms with Gasteiger partial charge in [-0.1, -0.05) is 194 Å². The highest BCUT2D eigenvalue weighted by Crippen LogP contribution is 2.57. The van der Waals surface area contributed by atoms with Crippen molar-refractivity contribution in [2.45, 2.75) is 5.41 Å². The van der Waals surface area contributed by atoms with Gasteiger partial charge < -0.3 is 9.32 Å². The highest BCUT2D eigenvalue weighted by atomic mass is 16.3. The van der Waals surface area contributed by atoms with E-state index < -0.39 is 5.41 Å². The molecule has 0 fully saturated rings. The molecule has 61 heavy (non-hydrogen) atoms. The summed E-state index contributed by atoms with van der Waals surface area (Å²) in [7, 11) is 0. The molecule has 1 aromatic heterocycles. The van der Waals surface area contributed by atoms with Gasteiger partial charge in [-0.3, -0.25) is 0 Å². The molecule has 1 aliphatic carbocycles. The van der Waals surface area contributed by atoms with Crippen LogP contribution in [0.15, 0.2) is 241 Å². The normalized spacial score (nSPS) is 12.7. The Morgan fingerprint density at radius 3 is 1.77 bits per heavy atom. The van der Waals surface area contributed by atoms with Crippen LogP contribution in [0.25, 0.3) is 66.1 Å². The molecule has 11 aromatic rings. The Morgan fingerprint density at radius 1 is 0.361 bits per heavy atom. The first-order valence-corrected chi connectivity index (χ1v) is 21.0. The molecule has 1 heterocycles. The van der Waals surface area contributed by atoms with Gasteiger partial charge in [0.25, 0.3) is 0 Å². The molecule has 12 rings (SSSR count). The second kappa shape index (κ2) is 14.1. The Kier molecular flexibility index (Phi) is 8.11. The number of para-hydroxylation sites is 1. The van der Waals surface area contributed by atoms with E-state index in [4.69, 9.17) is 4.42 Å². The molecule has 0 saturated carbocycles. The van der Waals surface area contributed by atoms with Gasteiger partial charge in [-0.25, -0.2) is 0 Å². The Hall–Kier alpha value is -7.94. The molecule has 0 spiro atoms. The minimum absolute atomic E-state index is 0.529. The lowest BCUT2D eigenvalue weighted by molar-refractivity contribution is 0.673. The fourth-order valence-corrected chi connectivity index (χ4v) is 10.1. The summed E-state index contributed by atoms with van der Waals surface area (Å²) in [6.45, 7) is 0. The van der Waals surface area contributed by atoms with Gasteiger partial charge in [-0.2, -0.15) is 0 Å². The quantitative estimate of drug-likeness (QED) is 0.160. The van der Waals surface area contributed by atoms with Crippen molar-refractivity contribution in [3.05, 3.63) is 259 Å². The van der Waals surface area contributed by atoms with E-state index in [1.165, 1.54) is 38.8 Å². The first-order chi connectivity index (χ1) is 30.3. The Balaban J connectivity index is 1.11. The molecule has 2 nitrogen and oxygen atoms in total. The van der Waals surface area contributed by atoms with E-state index in [0.717, 1.165) is 66.6 Å². The van der Waals surface area contributed by atoms with Crippen LogP contribution in [-0.2, 0) is 5.41 Å². The third-order valence-corrected chi connectivity index (χ3v) is 12.7. The van der Waals surface area contributed by atoms with Gasteiger partial charge in [-0.05, 0) is 97.9 Å². The summed E-state index contributed by atoms with van der Waals surface area (Å²) in [5, 5.41) is 4.55. The Morgan fingerprint density at radius 2 is 0.967 bits per heavy atom. The molecule has 0 saturated heterocycles. The van der Waals surface area contributed by atoms with Crippen LogP contribution in [0.2, 0.25) is 0 Å². The van der Waals surface area contributed by atoms with Crippen molar-refractivity contribution in [3.8, 4) is 33.4 Å². The lowest BCUT2D eigenvalue weighted by Crippen LogP contribution is -2.28. The summed E-state index contributed by atoms with van der Waals surface area (Å²) in [6.07, 6.45) is 0. The third-order valence-electron chi connectivity index (χ3n) is 12.7. The van der Waals surface area contributed by atoms with Gasteiger partial charge in [0.15, 0.2) is 0 Å². The van der Waals surface area contributed by atoms with E-state index in [-0.39, 0.29) is 0 Å². The number of fused-ring (bicyclic) bond motifs is 8. The predicted octanol–water partition coefficient (Wildman–Crippen LogP) is 15.9. The Bertz CT molecular complexity index is 3380. The number of hydrogen-bond acceptors (Lipinski definition) is 2. The van der Waals surface area contributed by atoms with E-state index in [1.54, 1.807) is 0 Å². The minimum atomic E-state index is -0.529. The van der Waals surface area contributed by atoms with Crippen LogP contribution < -0.4 is 4.90 Å². The van der Waals surface area contributed by atoms with Crippen molar-refractivity contribution in [3.63, 3.8) is 0 Å². The summed E-state index contributed by atoms with van der Waals surface area (Å²) >= 11 is 0. The standard InChI is InChI=1S/C59H39NO/c1-4-18-40(19-5-1)47-27-13-15-32-55(47)60(45-26-16-21-42(38-45)48-30-17-33-56-57(48)52-36-34-41-20-10-11-28-49(41)58(52)61-56)46-35-37-51-50-29-12-14-31-53(50)59(54(51)39-46,43-22-6-2-7-23-43)44-24-8-3-9-25-44/h1-39H. The molecule has 0 N–H and O–H groups in total. The molecular formula is C59H39NO. The van der Waals surface area contributed by atoms with E-state index in [1.807, 2.05) is 0 Å². The lowest BCUT2D eigenvalue weighted by Gasteiger charge is -2.35. The van der Waals surface area contributed by atoms with E-state index in [9.17, 15) is 0 Å². The highest BCUT2D eigenvalue weighted by molar-refractivity contribution is 6.19. The second-order valence-electron chi connectivity index (χ2n) is 16.0. The molecule has 10 aromatic carbocycles. The van der Waals surface area contributed by atoms with Gasteiger partial charge in [0.1, 0.15) is 11.2 Å². The number of hydrogen-bond donors (Lipinski definition) is 0. The molecule has 0 aliphatic heterocycles. The number of rotatable bonds is 7. The van der Waals surface area contributed by atoms with Crippen LogP contribution in [0.4, 0.5) is 17.1 Å². The molecule has 0 radical (unpaired) electrons. The fraction of sp³-hybridized carbons (Fsp3) is 0.0169. The molecular weight excluding hydrogens is 739 g/mol. The monoisotopic (exact) mass is 777 g/mol. The van der Waals surface area contributed by atoms with Gasteiger partial charge in [-0.15, -0.1) is 0 Å². The van der Waals surface area contributed by atoms with Crippen molar-refractivity contribution in [1.82, 2.24) is 0 Å². The third kappa shape index (κ3) is 5.43. The second-order valence-corrected chi connectivity index (χ2v) is 16.0. The number of furan rings is 1. The number of anilines is 3. The summed E-state index contributed by atoms with van der Waals surface area (Å²) in [4.78, 5) is 2.46. The van der Waals surface area contributed by atoms with Crippen molar-refractivity contribution in [2.75, 3.05) is 4.90 Å². The average molecular weight is 778 g/mol. The van der Waals surface area contributed by atoms with Gasteiger partial charge in [0, 0.05) is 33.1 Å². The Labute approximate surface area is 355 Å². The van der Waals surface area contributed by atoms with Crippen molar-refractivity contribution in [1.29, 1.82) is 0 Å². The van der Waals surface area contributed by atoms with Crippen molar-refractivity contribution >= 4 is 49.8 Å². The van der Waals surface area contributed by atoms with Crippen LogP contribution >= 0.6 is 0 Å². The molecule has 1 aliphatic rings. The van der Waals surface area contributed by atoms with Gasteiger partial charge in [0.2, 0.25) is 0 Å². The first-order valence-electron chi connectivity index (χ1n) is 21.0. The maximum Gasteiger partial charge on any atom is 0.143 e. The molecule has 286 valence electrons. The minimum Gasteiger partial charge on any atom is -0.455 e. The van der Waals surface area contributed by atoms with E-state index in [2.05, 4.69) is 241 Å². The summed E-state index contributed by atoms with van der Waals surface area (Å²) in [5.41, 5.74) is 16.7. The zero-order valence-electron chi connectivity index (χ0n) is 33.4. The van der Waals surface area contributed by atoms with Gasteiger partial charge in [0.05, 0.1) is 11.1 Å². The smallest absolute Gasteiger partial charge is 0.143 e. The van der Waals surface area contributed by atoms with Gasteiger partial charge >= 0.3 is 0 Å². The van der Waals surface area contributed by atoms with Crippen LogP contribution in [0.3, 0.4) is 0 Å². The lowest BCUT2D eigenvalue weighted by atomic mass is 9.67. The van der Waals surface area contributed by atoms with E-state index in [0.29, 0.717) is 0 Å². The maximum atomic E-state index is 6.66. The molecule has 0 unspecified atom stereocenters. The summed E-state index contributed by atoms with van der Waals surface area (Å²) < 4.78 is 6.66. The highest BCUT2D eigenvalue weighted by Gasteiger charge is 2.46. The van der Waals surface area contributed by atoms with Crippen LogP contribution in [0.1, 0.15) is 22.3 Å². The van der Waals surface area contributed by atoms with Crippen LogP contribution in [0.5, 0.6) is 0 Å². The topological polar surface area (TPSA) is 16.4 Å². The average Bonchev–Trinajstić information content (AvgIpc) is 3.87. The maximum absolute atomic E-state index is 6.66. The molecule has 0 bridgehead atoms. The van der Waals surface area contributed by atoms with Crippen LogP contribution in [-0.4, -0.2) is 0 Å². The zero-order chi connectivity index (χ0) is 40.3. The van der Waals surface area contributed by atoms with Crippen molar-refractivity contribution in [2.24, 2.45) is 0 Å². The molecule has 2 heteroatoms. The molecule has 0 atom stereocenters. The number of benzene rings is 10. The molecule has 0 amide bonds. The first kappa shape index (κ1) is 35.0. The van der Waals surface area contributed by atoms with Crippen LogP contribution in [0, 0.1) is 0 Å². The fourth-order valence-electron chi connectivity index (χ4n) is 10.1. The SMILES string of the molecule is c1ccc(-c2ccccc2N(c2cccc(-c3cccc4oc5c6ccccc6ccc5c34)c2)c2ccc3c(c2)C(c2ccccc2)(c2ccccc2)c2ccccc2-3)cc1. The number of nitrogens with zero attached hydrogens (tertiary/aromatic N) is 1. The van der Waals surface area contributed by atoms with E-state index >= 15 is 0 Å². The van der Waals surface area contributed by atoms with Crippen molar-refractivity contribution < 1.29 is 4.42 Å². The predicted molar refractivity (Wildman–Crippen MR) is 254 cm³/mol.